The molecule has 3 aromatic rings. The predicted molar refractivity (Wildman–Crippen MR) is 90.5 cm³/mol. The lowest BCUT2D eigenvalue weighted by Gasteiger charge is -2.13. The predicted octanol–water partition coefficient (Wildman–Crippen LogP) is 2.51. The second-order valence-corrected chi connectivity index (χ2v) is 6.92. The van der Waals surface area contributed by atoms with Crippen molar-refractivity contribution in [3.05, 3.63) is 42.3 Å². The van der Waals surface area contributed by atoms with Gasteiger partial charge >= 0.3 is 11.9 Å². The summed E-state index contributed by atoms with van der Waals surface area (Å²) in [5, 5.41) is 9.04. The number of nitrogens with zero attached hydrogens (tertiary/aromatic N) is 2. The van der Waals surface area contributed by atoms with Crippen molar-refractivity contribution in [3.63, 3.8) is 0 Å². The lowest BCUT2D eigenvalue weighted by atomic mass is 10.0. The van der Waals surface area contributed by atoms with Crippen molar-refractivity contribution < 1.29 is 27.3 Å². The molecule has 0 radical (unpaired) electrons. The highest BCUT2D eigenvalue weighted by Crippen LogP contribution is 2.35. The maximum Gasteiger partial charge on any atom is 0.392 e. The Morgan fingerprint density at radius 1 is 1.12 bits per heavy atom. The first-order chi connectivity index (χ1) is 11.7. The summed E-state index contributed by atoms with van der Waals surface area (Å²) in [4.78, 5) is 16.5. The van der Waals surface area contributed by atoms with Gasteiger partial charge in [-0.05, 0) is 29.8 Å². The van der Waals surface area contributed by atoms with Crippen LogP contribution >= 0.6 is 0 Å². The van der Waals surface area contributed by atoms with E-state index >= 15 is 0 Å². The lowest BCUT2D eigenvalue weighted by Crippen LogP contribution is -2.08. The maximum absolute atomic E-state index is 11.8. The number of fused-ring (bicyclic) bond motifs is 1. The molecule has 1 heterocycles. The molecule has 2 N–H and O–H groups in total. The fourth-order valence-electron chi connectivity index (χ4n) is 2.49. The Bertz CT molecular complexity index is 1070. The summed E-state index contributed by atoms with van der Waals surface area (Å²) >= 11 is 0. The summed E-state index contributed by atoms with van der Waals surface area (Å²) in [6.07, 6.45) is 0. The number of carboxylic acids is 1. The molecular formula is C16H14N2O6S. The monoisotopic (exact) mass is 362 g/mol. The second-order valence-electron chi connectivity index (χ2n) is 5.53. The average Bonchev–Trinajstić information content (AvgIpc) is 2.97. The summed E-state index contributed by atoms with van der Waals surface area (Å²) in [6, 6.07) is 9.27. The zero-order valence-electron chi connectivity index (χ0n) is 13.3. The molecule has 0 bridgehead atoms. The summed E-state index contributed by atoms with van der Waals surface area (Å²) in [5.74, 6) is -1.94. The van der Waals surface area contributed by atoms with Crippen LogP contribution in [0.3, 0.4) is 0 Å². The Kier molecular flexibility index (Phi) is 3.97. The molecule has 2 aromatic carbocycles. The molecule has 9 heteroatoms. The van der Waals surface area contributed by atoms with Crippen LogP contribution in [0.15, 0.2) is 45.7 Å². The number of hydrogen-bond donors (Lipinski definition) is 2. The van der Waals surface area contributed by atoms with Gasteiger partial charge in [0.05, 0.1) is 0 Å². The van der Waals surface area contributed by atoms with Gasteiger partial charge in [-0.3, -0.25) is 4.55 Å². The summed E-state index contributed by atoms with van der Waals surface area (Å²) < 4.78 is 38.2. The fraction of sp³-hybridized carbons (Fsp3) is 0.125. The number of carbonyl (C=O) groups is 1. The van der Waals surface area contributed by atoms with Crippen LogP contribution in [0.5, 0.6) is 0 Å². The van der Waals surface area contributed by atoms with E-state index in [-0.39, 0.29) is 21.6 Å². The van der Waals surface area contributed by atoms with Crippen molar-refractivity contribution in [2.45, 2.75) is 4.90 Å². The molecule has 0 fully saturated rings. The normalized spacial score (nSPS) is 11.6. The minimum Gasteiger partial charge on any atom is -0.474 e. The van der Waals surface area contributed by atoms with Gasteiger partial charge < -0.3 is 14.4 Å². The van der Waals surface area contributed by atoms with Crippen LogP contribution in [0.4, 0.5) is 5.69 Å². The average molecular weight is 362 g/mol. The van der Waals surface area contributed by atoms with Crippen LogP contribution < -0.4 is 4.90 Å². The van der Waals surface area contributed by atoms with Gasteiger partial charge in [0.25, 0.3) is 10.1 Å². The van der Waals surface area contributed by atoms with Crippen molar-refractivity contribution in [2.24, 2.45) is 0 Å². The molecular weight excluding hydrogens is 348 g/mol. The van der Waals surface area contributed by atoms with Crippen molar-refractivity contribution in [1.29, 1.82) is 0 Å². The van der Waals surface area contributed by atoms with E-state index in [1.807, 2.05) is 19.0 Å². The minimum atomic E-state index is -4.55. The molecule has 3 rings (SSSR count). The maximum atomic E-state index is 11.8. The van der Waals surface area contributed by atoms with E-state index in [9.17, 15) is 17.8 Å². The Morgan fingerprint density at radius 2 is 1.76 bits per heavy atom. The minimum absolute atomic E-state index is 0.0464. The Balaban J connectivity index is 2.34. The molecule has 25 heavy (non-hydrogen) atoms. The summed E-state index contributed by atoms with van der Waals surface area (Å²) in [7, 11) is -0.836. The lowest BCUT2D eigenvalue weighted by molar-refractivity contribution is 0.0656. The van der Waals surface area contributed by atoms with Gasteiger partial charge in [0, 0.05) is 25.3 Å². The molecule has 0 amide bonds. The van der Waals surface area contributed by atoms with E-state index in [0.29, 0.717) is 5.56 Å². The number of rotatable bonds is 4. The molecule has 0 aliphatic heterocycles. The zero-order valence-corrected chi connectivity index (χ0v) is 14.1. The van der Waals surface area contributed by atoms with E-state index in [1.54, 1.807) is 24.3 Å². The third kappa shape index (κ3) is 3.06. The van der Waals surface area contributed by atoms with Crippen LogP contribution in [-0.2, 0) is 10.1 Å². The zero-order chi connectivity index (χ0) is 18.4. The van der Waals surface area contributed by atoms with Crippen molar-refractivity contribution in [3.8, 4) is 11.1 Å². The number of hydrogen-bond acceptors (Lipinski definition) is 6. The highest BCUT2D eigenvalue weighted by Gasteiger charge is 2.24. The smallest absolute Gasteiger partial charge is 0.392 e. The third-order valence-corrected chi connectivity index (χ3v) is 4.55. The van der Waals surface area contributed by atoms with Crippen molar-refractivity contribution >= 4 is 32.9 Å². The van der Waals surface area contributed by atoms with Gasteiger partial charge in [-0.25, -0.2) is 9.78 Å². The van der Waals surface area contributed by atoms with E-state index < -0.39 is 22.0 Å². The standard InChI is InChI=1S/C16H14N2O6S/c1-18(2)10-5-3-9(4-6-10)13-12(25(21,22)23)8-7-11-14(13)17-15(24-11)16(19)20/h3-8H,1-2H3,(H,19,20)(H,21,22,23). The number of aromatic carboxylic acids is 1. The third-order valence-electron chi connectivity index (χ3n) is 3.66. The highest BCUT2D eigenvalue weighted by atomic mass is 32.2. The van der Waals surface area contributed by atoms with Gasteiger partial charge in [0.1, 0.15) is 10.4 Å². The number of oxazole rings is 1. The first-order valence-corrected chi connectivity index (χ1v) is 8.54. The molecule has 0 unspecified atom stereocenters. The molecule has 0 saturated carbocycles. The van der Waals surface area contributed by atoms with Gasteiger partial charge in [-0.1, -0.05) is 12.1 Å². The van der Waals surface area contributed by atoms with Crippen molar-refractivity contribution in [2.75, 3.05) is 19.0 Å². The van der Waals surface area contributed by atoms with Crippen LogP contribution in [0.1, 0.15) is 10.7 Å². The summed E-state index contributed by atoms with van der Waals surface area (Å²) in [6.45, 7) is 0. The fourth-order valence-corrected chi connectivity index (χ4v) is 3.20. The SMILES string of the molecule is CN(C)c1ccc(-c2c(S(=O)(=O)O)ccc3oc(C(=O)O)nc23)cc1. The second kappa shape index (κ2) is 5.87. The highest BCUT2D eigenvalue weighted by molar-refractivity contribution is 7.86. The molecule has 0 aliphatic carbocycles. The Hall–Kier alpha value is -2.91. The van der Waals surface area contributed by atoms with Gasteiger partial charge in [0.2, 0.25) is 0 Å². The first-order valence-electron chi connectivity index (χ1n) is 7.10. The molecule has 130 valence electrons. The van der Waals surface area contributed by atoms with Crippen molar-refractivity contribution in [1.82, 2.24) is 4.98 Å². The Morgan fingerprint density at radius 3 is 2.28 bits per heavy atom. The quantitative estimate of drug-likeness (QED) is 0.679. The van der Waals surface area contributed by atoms with Crippen LogP contribution in [0, 0.1) is 0 Å². The molecule has 0 spiro atoms. The topological polar surface area (TPSA) is 121 Å². The Labute approximate surface area is 143 Å². The number of aromatic nitrogens is 1. The number of anilines is 1. The molecule has 8 nitrogen and oxygen atoms in total. The van der Waals surface area contributed by atoms with E-state index in [2.05, 4.69) is 4.98 Å². The van der Waals surface area contributed by atoms with Crippen LogP contribution in [-0.4, -0.2) is 43.1 Å². The largest absolute Gasteiger partial charge is 0.474 e. The molecule has 1 aromatic heterocycles. The molecule has 0 atom stereocenters. The summed E-state index contributed by atoms with van der Waals surface area (Å²) in [5.41, 5.74) is 1.58. The van der Waals surface area contributed by atoms with E-state index in [0.717, 1.165) is 11.8 Å². The van der Waals surface area contributed by atoms with Crippen LogP contribution in [0.25, 0.3) is 22.2 Å². The van der Waals surface area contributed by atoms with Gasteiger partial charge in [-0.2, -0.15) is 8.42 Å². The molecule has 0 saturated heterocycles. The van der Waals surface area contributed by atoms with Crippen LogP contribution in [0.2, 0.25) is 0 Å². The first kappa shape index (κ1) is 16.9. The number of benzene rings is 2. The molecule has 0 aliphatic rings. The number of carboxylic acid groups (broad SMARTS) is 1. The van der Waals surface area contributed by atoms with Gasteiger partial charge in [0.15, 0.2) is 5.58 Å². The van der Waals surface area contributed by atoms with E-state index in [1.165, 1.54) is 6.07 Å². The van der Waals surface area contributed by atoms with Gasteiger partial charge in [-0.15, -0.1) is 0 Å². The van der Waals surface area contributed by atoms with E-state index in [4.69, 9.17) is 9.52 Å².